The Labute approximate surface area is 155 Å². The van der Waals surface area contributed by atoms with Crippen LogP contribution >= 0.6 is 11.6 Å². The molecule has 0 fully saturated rings. The van der Waals surface area contributed by atoms with Crippen molar-refractivity contribution in [2.24, 2.45) is 10.9 Å². The second-order valence-electron chi connectivity index (χ2n) is 5.80. The highest BCUT2D eigenvalue weighted by Gasteiger charge is 2.42. The van der Waals surface area contributed by atoms with Crippen LogP contribution in [0, 0.1) is 5.92 Å². The van der Waals surface area contributed by atoms with Gasteiger partial charge < -0.3 is 9.84 Å². The second kappa shape index (κ2) is 8.10. The predicted molar refractivity (Wildman–Crippen MR) is 97.3 cm³/mol. The number of allylic oxidation sites excluding steroid dienone is 2. The maximum atomic E-state index is 12.5. The number of hydrogen-bond donors (Lipinski definition) is 1. The summed E-state index contributed by atoms with van der Waals surface area (Å²) in [5.41, 5.74) is 1.02. The molecule has 1 N–H and O–H groups in total. The number of carboxylic acids is 1. The van der Waals surface area contributed by atoms with Gasteiger partial charge in [0.15, 0.2) is 5.78 Å². The minimum Gasteiger partial charge on any atom is -0.481 e. The average molecular weight is 376 g/mol. The summed E-state index contributed by atoms with van der Waals surface area (Å²) >= 11 is 6.28. The topological polar surface area (TPSA) is 93.0 Å². The van der Waals surface area contributed by atoms with E-state index in [9.17, 15) is 19.5 Å². The summed E-state index contributed by atoms with van der Waals surface area (Å²) in [5, 5.41) is 10.1. The minimum atomic E-state index is -1.13. The first-order valence-electron chi connectivity index (χ1n) is 7.81. The fraction of sp³-hybridized carbons (Fsp3) is 0.263. The molecule has 0 saturated heterocycles. The van der Waals surface area contributed by atoms with E-state index in [0.29, 0.717) is 16.3 Å². The molecule has 1 aliphatic rings. The zero-order valence-corrected chi connectivity index (χ0v) is 15.3. The first-order chi connectivity index (χ1) is 12.3. The van der Waals surface area contributed by atoms with Gasteiger partial charge in [-0.3, -0.25) is 14.6 Å². The zero-order valence-electron chi connectivity index (χ0n) is 14.5. The van der Waals surface area contributed by atoms with Crippen molar-refractivity contribution in [1.29, 1.82) is 0 Å². The Balaban J connectivity index is 2.80. The number of carbonyl (C=O) groups is 3. The van der Waals surface area contributed by atoms with Crippen LogP contribution in [0.5, 0.6) is 0 Å². The Bertz CT molecular complexity index is 853. The van der Waals surface area contributed by atoms with Crippen molar-refractivity contribution >= 4 is 35.0 Å². The molecule has 7 heteroatoms. The van der Waals surface area contributed by atoms with Crippen LogP contribution in [0.3, 0.4) is 0 Å². The summed E-state index contributed by atoms with van der Waals surface area (Å²) in [7, 11) is 1.20. The van der Waals surface area contributed by atoms with E-state index in [1.165, 1.54) is 26.2 Å². The smallest absolute Gasteiger partial charge is 0.336 e. The molecule has 0 saturated carbocycles. The maximum absolute atomic E-state index is 12.5. The molecule has 0 aliphatic carbocycles. The summed E-state index contributed by atoms with van der Waals surface area (Å²) in [6, 6.07) is 6.71. The number of esters is 1. The fourth-order valence-electron chi connectivity index (χ4n) is 2.94. The summed E-state index contributed by atoms with van der Waals surface area (Å²) < 4.78 is 4.86. The monoisotopic (exact) mass is 375 g/mol. The Kier molecular flexibility index (Phi) is 6.10. The van der Waals surface area contributed by atoms with E-state index >= 15 is 0 Å². The molecular formula is C19H18ClNO5. The number of carboxylic acid groups (broad SMARTS) is 1. The molecular weight excluding hydrogens is 358 g/mol. The number of halogens is 1. The fourth-order valence-corrected chi connectivity index (χ4v) is 3.19. The number of rotatable bonds is 5. The molecule has 2 unspecified atom stereocenters. The van der Waals surface area contributed by atoms with Gasteiger partial charge in [-0.1, -0.05) is 29.8 Å². The van der Waals surface area contributed by atoms with Crippen molar-refractivity contribution in [1.82, 2.24) is 0 Å². The lowest BCUT2D eigenvalue weighted by atomic mass is 9.75. The van der Waals surface area contributed by atoms with Crippen LogP contribution in [-0.2, 0) is 19.1 Å². The Morgan fingerprint density at radius 2 is 1.92 bits per heavy atom. The normalized spacial score (nSPS) is 20.1. The summed E-state index contributed by atoms with van der Waals surface area (Å²) in [6.45, 7) is 2.93. The molecule has 2 atom stereocenters. The maximum Gasteiger partial charge on any atom is 0.336 e. The van der Waals surface area contributed by atoms with Crippen LogP contribution in [0.1, 0.15) is 25.3 Å². The molecule has 0 aromatic heterocycles. The van der Waals surface area contributed by atoms with E-state index in [1.807, 2.05) is 0 Å². The van der Waals surface area contributed by atoms with Gasteiger partial charge in [-0.2, -0.15) is 0 Å². The van der Waals surface area contributed by atoms with Crippen molar-refractivity contribution < 1.29 is 24.2 Å². The van der Waals surface area contributed by atoms with Crippen LogP contribution < -0.4 is 0 Å². The quantitative estimate of drug-likeness (QED) is 0.630. The molecule has 136 valence electrons. The van der Waals surface area contributed by atoms with Gasteiger partial charge >= 0.3 is 11.9 Å². The number of carbonyl (C=O) groups excluding carboxylic acids is 2. The lowest BCUT2D eigenvalue weighted by Crippen LogP contribution is -2.35. The van der Waals surface area contributed by atoms with Crippen molar-refractivity contribution in [3.8, 4) is 0 Å². The van der Waals surface area contributed by atoms with Crippen LogP contribution in [0.25, 0.3) is 0 Å². The van der Waals surface area contributed by atoms with Gasteiger partial charge in [-0.05, 0) is 37.6 Å². The lowest BCUT2D eigenvalue weighted by Gasteiger charge is -2.30. The highest BCUT2D eigenvalue weighted by atomic mass is 35.5. The molecule has 0 amide bonds. The van der Waals surface area contributed by atoms with Crippen LogP contribution in [0.15, 0.2) is 52.7 Å². The number of benzene rings is 1. The van der Waals surface area contributed by atoms with Crippen molar-refractivity contribution in [2.75, 3.05) is 7.11 Å². The lowest BCUT2D eigenvalue weighted by molar-refractivity contribution is -0.140. The number of hydrogen-bond acceptors (Lipinski definition) is 5. The number of nitrogens with zero attached hydrogens (tertiary/aromatic N) is 1. The minimum absolute atomic E-state index is 0.0519. The van der Waals surface area contributed by atoms with E-state index in [0.717, 1.165) is 0 Å². The number of ether oxygens (including phenoxy) is 1. The summed E-state index contributed by atoms with van der Waals surface area (Å²) in [5.74, 6) is -4.06. The molecule has 0 bridgehead atoms. The molecule has 1 heterocycles. The van der Waals surface area contributed by atoms with Crippen LogP contribution in [-0.4, -0.2) is 35.6 Å². The second-order valence-corrected chi connectivity index (χ2v) is 6.21. The van der Waals surface area contributed by atoms with Gasteiger partial charge in [-0.25, -0.2) is 4.79 Å². The molecule has 6 nitrogen and oxygen atoms in total. The number of aliphatic imine (C=N–C) groups is 1. The standard InChI is InChI=1S/C19H18ClNO5/c1-10(22)8-9-14-17(19(25)26-3)16(12-6-4-5-7-13(12)20)15(18(23)24)11(2)21-14/h4-9,15-16H,1-3H3,(H,23,24). The van der Waals surface area contributed by atoms with E-state index in [1.54, 1.807) is 31.2 Å². The van der Waals surface area contributed by atoms with Gasteiger partial charge in [0.2, 0.25) is 0 Å². The highest BCUT2D eigenvalue weighted by molar-refractivity contribution is 6.31. The molecule has 1 aromatic carbocycles. The Morgan fingerprint density at radius 1 is 1.27 bits per heavy atom. The third-order valence-corrected chi connectivity index (χ3v) is 4.40. The van der Waals surface area contributed by atoms with Gasteiger partial charge in [0.1, 0.15) is 5.92 Å². The Morgan fingerprint density at radius 3 is 2.46 bits per heavy atom. The predicted octanol–water partition coefficient (Wildman–Crippen LogP) is 3.17. The molecule has 1 aromatic rings. The molecule has 26 heavy (non-hydrogen) atoms. The third-order valence-electron chi connectivity index (χ3n) is 4.05. The average Bonchev–Trinajstić information content (AvgIpc) is 2.58. The van der Waals surface area contributed by atoms with E-state index in [2.05, 4.69) is 4.99 Å². The van der Waals surface area contributed by atoms with Crippen LogP contribution in [0.2, 0.25) is 5.02 Å². The number of aliphatic carboxylic acids is 1. The van der Waals surface area contributed by atoms with Crippen molar-refractivity contribution in [2.45, 2.75) is 19.8 Å². The van der Waals surface area contributed by atoms with E-state index in [4.69, 9.17) is 16.3 Å². The first kappa shape index (κ1) is 19.6. The van der Waals surface area contributed by atoms with Crippen molar-refractivity contribution in [3.05, 3.63) is 58.3 Å². The molecule has 1 aliphatic heterocycles. The zero-order chi connectivity index (χ0) is 19.4. The third kappa shape index (κ3) is 3.91. The van der Waals surface area contributed by atoms with Crippen LogP contribution in [0.4, 0.5) is 0 Å². The summed E-state index contributed by atoms with van der Waals surface area (Å²) in [4.78, 5) is 40.0. The van der Waals surface area contributed by atoms with Gasteiger partial charge in [0.25, 0.3) is 0 Å². The van der Waals surface area contributed by atoms with E-state index in [-0.39, 0.29) is 17.1 Å². The number of methoxy groups -OCH3 is 1. The Hall–Kier alpha value is -2.73. The molecule has 2 rings (SSSR count). The van der Waals surface area contributed by atoms with Gasteiger partial charge in [0, 0.05) is 16.7 Å². The van der Waals surface area contributed by atoms with Gasteiger partial charge in [0.05, 0.1) is 18.4 Å². The SMILES string of the molecule is COC(=O)C1=C(C=CC(C)=O)N=C(C)C(C(=O)O)C1c1ccccc1Cl. The first-order valence-corrected chi connectivity index (χ1v) is 8.19. The van der Waals surface area contributed by atoms with E-state index < -0.39 is 23.8 Å². The highest BCUT2D eigenvalue weighted by Crippen LogP contribution is 2.42. The molecule has 0 spiro atoms. The largest absolute Gasteiger partial charge is 0.481 e. The van der Waals surface area contributed by atoms with Gasteiger partial charge in [-0.15, -0.1) is 0 Å². The molecule has 0 radical (unpaired) electrons. The van der Waals surface area contributed by atoms with Crippen molar-refractivity contribution in [3.63, 3.8) is 0 Å². The number of ketones is 1. The summed E-state index contributed by atoms with van der Waals surface area (Å²) in [6.07, 6.45) is 2.65.